The smallest absolute Gasteiger partial charge is 0.259 e. The average molecular weight is 104 g/mol. The summed E-state index contributed by atoms with van der Waals surface area (Å²) < 4.78 is 0. The van der Waals surface area contributed by atoms with Crippen LogP contribution in [0.2, 0.25) is 0 Å². The fourth-order valence-corrected chi connectivity index (χ4v) is 0.179. The lowest BCUT2D eigenvalue weighted by Gasteiger charge is -1.95. The van der Waals surface area contributed by atoms with Crippen LogP contribution >= 0.6 is 0 Å². The first-order valence-corrected chi connectivity index (χ1v) is 1.87. The van der Waals surface area contributed by atoms with Crippen LogP contribution in [-0.4, -0.2) is 24.7 Å². The monoisotopic (exact) mass is 104 g/mol. The molecule has 0 radical (unpaired) electrons. The van der Waals surface area contributed by atoms with E-state index in [1.54, 1.807) is 7.05 Å². The molecule has 0 aromatic carbocycles. The van der Waals surface area contributed by atoms with Gasteiger partial charge in [0.05, 0.1) is 0 Å². The molecule has 0 fully saturated rings. The summed E-state index contributed by atoms with van der Waals surface area (Å²) in [6, 6.07) is 0. The number of nitrogens with one attached hydrogen (secondary N) is 2. The summed E-state index contributed by atoms with van der Waals surface area (Å²) in [6.45, 7) is -0.471. The van der Waals surface area contributed by atoms with E-state index in [2.05, 4.69) is 10.9 Å². The molecule has 0 aromatic heterocycles. The molecule has 0 unspecified atom stereocenters. The van der Waals surface area contributed by atoms with Crippen molar-refractivity contribution in [3.05, 3.63) is 0 Å². The minimum atomic E-state index is -0.471. The van der Waals surface area contributed by atoms with Crippen molar-refractivity contribution in [2.45, 2.75) is 0 Å². The summed E-state index contributed by atoms with van der Waals surface area (Å²) >= 11 is 0. The molecule has 0 rings (SSSR count). The molecule has 42 valence electrons. The highest BCUT2D eigenvalue weighted by atomic mass is 16.3. The zero-order valence-electron chi connectivity index (χ0n) is 4.06. The van der Waals surface area contributed by atoms with Crippen LogP contribution in [0.5, 0.6) is 0 Å². The third-order valence-corrected chi connectivity index (χ3v) is 0.408. The molecule has 7 heavy (non-hydrogen) atoms. The predicted octanol–water partition coefficient (Wildman–Crippen LogP) is -1.77. The fraction of sp³-hybridized carbons (Fsp3) is 0.667. The number of hydrogen-bond donors (Lipinski definition) is 3. The number of amides is 1. The number of aliphatic hydroxyl groups excluding tert-OH is 1. The quantitative estimate of drug-likeness (QED) is 0.363. The minimum Gasteiger partial charge on any atom is -0.386 e. The molecular weight excluding hydrogens is 96.0 g/mol. The van der Waals surface area contributed by atoms with E-state index in [0.717, 1.165) is 0 Å². The highest BCUT2D eigenvalue weighted by Gasteiger charge is 1.89. The van der Waals surface area contributed by atoms with Gasteiger partial charge in [0, 0.05) is 7.05 Å². The fourth-order valence-electron chi connectivity index (χ4n) is 0.179. The summed E-state index contributed by atoms with van der Waals surface area (Å²) in [6.07, 6.45) is 0. The van der Waals surface area contributed by atoms with Crippen molar-refractivity contribution in [2.24, 2.45) is 0 Å². The van der Waals surface area contributed by atoms with Crippen molar-refractivity contribution in [3.8, 4) is 0 Å². The summed E-state index contributed by atoms with van der Waals surface area (Å²) in [5.74, 6) is -0.428. The van der Waals surface area contributed by atoms with E-state index in [1.807, 2.05) is 0 Å². The van der Waals surface area contributed by atoms with Gasteiger partial charge >= 0.3 is 0 Å². The molecule has 0 aliphatic carbocycles. The molecule has 0 saturated carbocycles. The Morgan fingerprint density at radius 1 is 1.86 bits per heavy atom. The predicted molar refractivity (Wildman–Crippen MR) is 24.3 cm³/mol. The second-order valence-electron chi connectivity index (χ2n) is 0.956. The molecule has 0 aliphatic heterocycles. The first kappa shape index (κ1) is 6.39. The molecule has 0 atom stereocenters. The number of hydrazine groups is 1. The van der Waals surface area contributed by atoms with E-state index in [4.69, 9.17) is 5.11 Å². The molecule has 0 bridgehead atoms. The van der Waals surface area contributed by atoms with Crippen molar-refractivity contribution in [1.82, 2.24) is 10.9 Å². The van der Waals surface area contributed by atoms with Crippen LogP contribution in [0.1, 0.15) is 0 Å². The Balaban J connectivity index is 3.00. The van der Waals surface area contributed by atoms with E-state index in [9.17, 15) is 4.79 Å². The Morgan fingerprint density at radius 3 is 2.57 bits per heavy atom. The first-order valence-electron chi connectivity index (χ1n) is 1.87. The molecule has 0 aliphatic rings. The molecule has 4 heteroatoms. The normalized spacial score (nSPS) is 8.29. The summed E-state index contributed by atoms with van der Waals surface area (Å²) in [5, 5.41) is 8.01. The molecular formula is C3H8N2O2. The molecule has 3 N–H and O–H groups in total. The van der Waals surface area contributed by atoms with Crippen LogP contribution in [0, 0.1) is 0 Å². The van der Waals surface area contributed by atoms with E-state index >= 15 is 0 Å². The van der Waals surface area contributed by atoms with Gasteiger partial charge in [0.1, 0.15) is 6.61 Å². The second kappa shape index (κ2) is 3.58. The van der Waals surface area contributed by atoms with Gasteiger partial charge in [-0.25, -0.2) is 5.43 Å². The van der Waals surface area contributed by atoms with Crippen molar-refractivity contribution >= 4 is 5.91 Å². The summed E-state index contributed by atoms with van der Waals surface area (Å²) in [4.78, 5) is 9.99. The maximum absolute atomic E-state index is 9.99. The minimum absolute atomic E-state index is 0.428. The molecule has 1 amide bonds. The molecule has 0 saturated heterocycles. The third kappa shape index (κ3) is 3.21. The van der Waals surface area contributed by atoms with Crippen LogP contribution in [0.4, 0.5) is 0 Å². The molecule has 4 nitrogen and oxygen atoms in total. The largest absolute Gasteiger partial charge is 0.386 e. The first-order chi connectivity index (χ1) is 3.31. The number of carbonyl (C=O) groups is 1. The Morgan fingerprint density at radius 2 is 2.43 bits per heavy atom. The SMILES string of the molecule is CNNC(=O)CO. The van der Waals surface area contributed by atoms with Crippen LogP contribution in [0.15, 0.2) is 0 Å². The van der Waals surface area contributed by atoms with Gasteiger partial charge in [-0.15, -0.1) is 0 Å². The molecule has 0 heterocycles. The van der Waals surface area contributed by atoms with Gasteiger partial charge in [0.25, 0.3) is 5.91 Å². The Bertz CT molecular complexity index is 64.0. The van der Waals surface area contributed by atoms with Gasteiger partial charge in [-0.05, 0) is 0 Å². The van der Waals surface area contributed by atoms with Crippen molar-refractivity contribution in [2.75, 3.05) is 13.7 Å². The van der Waals surface area contributed by atoms with E-state index in [0.29, 0.717) is 0 Å². The van der Waals surface area contributed by atoms with Gasteiger partial charge in [-0.1, -0.05) is 0 Å². The van der Waals surface area contributed by atoms with Crippen molar-refractivity contribution in [3.63, 3.8) is 0 Å². The topological polar surface area (TPSA) is 61.4 Å². The lowest BCUT2D eigenvalue weighted by molar-refractivity contribution is -0.124. The van der Waals surface area contributed by atoms with E-state index in [1.165, 1.54) is 0 Å². The van der Waals surface area contributed by atoms with Gasteiger partial charge in [0.15, 0.2) is 0 Å². The highest BCUT2D eigenvalue weighted by Crippen LogP contribution is 1.51. The number of carbonyl (C=O) groups excluding carboxylic acids is 1. The van der Waals surface area contributed by atoms with Crippen molar-refractivity contribution in [1.29, 1.82) is 0 Å². The number of hydrogen-bond acceptors (Lipinski definition) is 3. The van der Waals surface area contributed by atoms with Gasteiger partial charge < -0.3 is 5.11 Å². The van der Waals surface area contributed by atoms with Crippen LogP contribution < -0.4 is 10.9 Å². The van der Waals surface area contributed by atoms with Crippen LogP contribution in [-0.2, 0) is 4.79 Å². The maximum atomic E-state index is 9.99. The van der Waals surface area contributed by atoms with Gasteiger partial charge in [-0.3, -0.25) is 10.2 Å². The standard InChI is InChI=1S/C3H8N2O2/c1-4-5-3(7)2-6/h4,6H,2H2,1H3,(H,5,7). The Hall–Kier alpha value is -0.610. The molecule has 0 aromatic rings. The zero-order valence-corrected chi connectivity index (χ0v) is 4.06. The summed E-state index contributed by atoms with van der Waals surface area (Å²) in [5.41, 5.74) is 4.52. The lowest BCUT2D eigenvalue weighted by atomic mass is 10.7. The zero-order chi connectivity index (χ0) is 5.70. The number of aliphatic hydroxyl groups is 1. The second-order valence-corrected chi connectivity index (χ2v) is 0.956. The number of rotatable bonds is 2. The van der Waals surface area contributed by atoms with Crippen molar-refractivity contribution < 1.29 is 9.90 Å². The highest BCUT2D eigenvalue weighted by molar-refractivity contribution is 5.76. The van der Waals surface area contributed by atoms with Crippen LogP contribution in [0.3, 0.4) is 0 Å². The third-order valence-electron chi connectivity index (χ3n) is 0.408. The van der Waals surface area contributed by atoms with Gasteiger partial charge in [0.2, 0.25) is 0 Å². The Labute approximate surface area is 41.5 Å². The van der Waals surface area contributed by atoms with Gasteiger partial charge in [-0.2, -0.15) is 0 Å². The average Bonchev–Trinajstić information content (AvgIpc) is 1.68. The molecule has 0 spiro atoms. The summed E-state index contributed by atoms with van der Waals surface area (Å²) in [7, 11) is 1.55. The lowest BCUT2D eigenvalue weighted by Crippen LogP contribution is -2.35. The van der Waals surface area contributed by atoms with E-state index in [-0.39, 0.29) is 0 Å². The maximum Gasteiger partial charge on any atom is 0.259 e. The van der Waals surface area contributed by atoms with Crippen LogP contribution in [0.25, 0.3) is 0 Å². The Kier molecular flexibility index (Phi) is 3.26. The van der Waals surface area contributed by atoms with E-state index < -0.39 is 12.5 Å².